The highest BCUT2D eigenvalue weighted by atomic mass is 16.6. The van der Waals surface area contributed by atoms with Gasteiger partial charge in [0.25, 0.3) is 0 Å². The van der Waals surface area contributed by atoms with Crippen molar-refractivity contribution in [1.82, 2.24) is 15.5 Å². The molecule has 0 aliphatic rings. The summed E-state index contributed by atoms with van der Waals surface area (Å²) >= 11 is 0. The average Bonchev–Trinajstić information content (AvgIpc) is 2.84. The molecule has 2 atom stereocenters. The summed E-state index contributed by atoms with van der Waals surface area (Å²) in [6.07, 6.45) is 5.67. The van der Waals surface area contributed by atoms with Gasteiger partial charge in [-0.05, 0) is 52.5 Å². The van der Waals surface area contributed by atoms with Crippen LogP contribution in [0.15, 0.2) is 24.3 Å². The number of ether oxygens (including phenoxy) is 1. The SMILES string of the molecule is CCCCCCCN(C(=O)C(CCC(N)=O)NC(=O)OC(C)(C)C)C(C(=O)NCCCC)c1cccc(C)c1. The van der Waals surface area contributed by atoms with E-state index in [9.17, 15) is 19.2 Å². The van der Waals surface area contributed by atoms with Gasteiger partial charge in [0.1, 0.15) is 17.7 Å². The Morgan fingerprint density at radius 3 is 2.26 bits per heavy atom. The molecule has 0 spiro atoms. The second kappa shape index (κ2) is 17.5. The molecular formula is C30H50N4O5. The number of carbonyl (C=O) groups is 4. The lowest BCUT2D eigenvalue weighted by atomic mass is 9.99. The zero-order valence-corrected chi connectivity index (χ0v) is 24.8. The molecule has 1 rings (SSSR count). The summed E-state index contributed by atoms with van der Waals surface area (Å²) in [5.41, 5.74) is 6.27. The molecule has 0 aliphatic carbocycles. The number of aryl methyl sites for hydroxylation is 1. The minimum atomic E-state index is -1.08. The van der Waals surface area contributed by atoms with E-state index in [0.717, 1.165) is 44.1 Å². The fourth-order valence-corrected chi connectivity index (χ4v) is 4.24. The van der Waals surface area contributed by atoms with Crippen molar-refractivity contribution in [2.24, 2.45) is 5.73 Å². The number of alkyl carbamates (subject to hydrolysis) is 1. The zero-order chi connectivity index (χ0) is 29.4. The van der Waals surface area contributed by atoms with E-state index in [1.807, 2.05) is 38.1 Å². The maximum absolute atomic E-state index is 14.1. The third kappa shape index (κ3) is 13.5. The molecule has 220 valence electrons. The number of unbranched alkanes of at least 4 members (excludes halogenated alkanes) is 5. The summed E-state index contributed by atoms with van der Waals surface area (Å²) < 4.78 is 5.39. The van der Waals surface area contributed by atoms with Gasteiger partial charge in [0.2, 0.25) is 17.7 Å². The van der Waals surface area contributed by atoms with Crippen LogP contribution in [0.5, 0.6) is 0 Å². The molecule has 0 aliphatic heterocycles. The molecule has 2 unspecified atom stereocenters. The number of primary amides is 1. The minimum absolute atomic E-state index is 0.00225. The Labute approximate surface area is 234 Å². The third-order valence-corrected chi connectivity index (χ3v) is 6.20. The number of nitrogens with two attached hydrogens (primary N) is 1. The lowest BCUT2D eigenvalue weighted by Gasteiger charge is -2.34. The van der Waals surface area contributed by atoms with Crippen molar-refractivity contribution in [1.29, 1.82) is 0 Å². The smallest absolute Gasteiger partial charge is 0.408 e. The lowest BCUT2D eigenvalue weighted by Crippen LogP contribution is -2.53. The van der Waals surface area contributed by atoms with E-state index in [2.05, 4.69) is 17.6 Å². The second-order valence-electron chi connectivity index (χ2n) is 11.1. The quantitative estimate of drug-likeness (QED) is 0.239. The Kier molecular flexibility index (Phi) is 15.2. The molecule has 9 heteroatoms. The topological polar surface area (TPSA) is 131 Å². The molecular weight excluding hydrogens is 496 g/mol. The number of amides is 4. The maximum Gasteiger partial charge on any atom is 0.408 e. The zero-order valence-electron chi connectivity index (χ0n) is 24.8. The summed E-state index contributed by atoms with van der Waals surface area (Å²) in [4.78, 5) is 53.6. The van der Waals surface area contributed by atoms with E-state index in [1.165, 1.54) is 0 Å². The van der Waals surface area contributed by atoms with Crippen LogP contribution < -0.4 is 16.4 Å². The van der Waals surface area contributed by atoms with Crippen LogP contribution in [0.1, 0.15) is 110 Å². The van der Waals surface area contributed by atoms with Crippen molar-refractivity contribution in [3.63, 3.8) is 0 Å². The normalized spacial score (nSPS) is 12.8. The van der Waals surface area contributed by atoms with Gasteiger partial charge in [0.15, 0.2) is 0 Å². The van der Waals surface area contributed by atoms with Crippen LogP contribution in [0, 0.1) is 6.92 Å². The van der Waals surface area contributed by atoms with E-state index in [-0.39, 0.29) is 18.7 Å². The molecule has 4 N–H and O–H groups in total. The number of hydrogen-bond donors (Lipinski definition) is 3. The van der Waals surface area contributed by atoms with E-state index in [4.69, 9.17) is 10.5 Å². The van der Waals surface area contributed by atoms with Crippen LogP contribution >= 0.6 is 0 Å². The van der Waals surface area contributed by atoms with Crippen LogP contribution in [-0.2, 0) is 19.1 Å². The predicted octanol–water partition coefficient (Wildman–Crippen LogP) is 4.91. The number of carbonyl (C=O) groups excluding carboxylic acids is 4. The minimum Gasteiger partial charge on any atom is -0.444 e. The van der Waals surface area contributed by atoms with Crippen molar-refractivity contribution in [3.8, 4) is 0 Å². The van der Waals surface area contributed by atoms with Crippen molar-refractivity contribution in [2.45, 2.75) is 117 Å². The van der Waals surface area contributed by atoms with E-state index >= 15 is 0 Å². The highest BCUT2D eigenvalue weighted by Gasteiger charge is 2.36. The van der Waals surface area contributed by atoms with Gasteiger partial charge in [-0.25, -0.2) is 4.79 Å². The largest absolute Gasteiger partial charge is 0.444 e. The number of benzene rings is 1. The number of nitrogens with one attached hydrogen (secondary N) is 2. The van der Waals surface area contributed by atoms with E-state index < -0.39 is 35.6 Å². The van der Waals surface area contributed by atoms with Crippen molar-refractivity contribution in [3.05, 3.63) is 35.4 Å². The van der Waals surface area contributed by atoms with Crippen LogP contribution in [0.2, 0.25) is 0 Å². The van der Waals surface area contributed by atoms with E-state index in [0.29, 0.717) is 25.1 Å². The highest BCUT2D eigenvalue weighted by Crippen LogP contribution is 2.25. The number of nitrogens with zero attached hydrogens (tertiary/aromatic N) is 1. The first kappa shape index (κ1) is 33.9. The molecule has 0 saturated heterocycles. The summed E-state index contributed by atoms with van der Waals surface area (Å²) in [6.45, 7) is 12.1. The van der Waals surface area contributed by atoms with Crippen LogP contribution in [0.25, 0.3) is 0 Å². The van der Waals surface area contributed by atoms with Crippen LogP contribution in [-0.4, -0.2) is 53.4 Å². The average molecular weight is 547 g/mol. The molecule has 39 heavy (non-hydrogen) atoms. The van der Waals surface area contributed by atoms with Gasteiger partial charge in [-0.1, -0.05) is 75.8 Å². The Morgan fingerprint density at radius 2 is 1.67 bits per heavy atom. The van der Waals surface area contributed by atoms with Crippen molar-refractivity contribution < 1.29 is 23.9 Å². The van der Waals surface area contributed by atoms with Crippen LogP contribution in [0.3, 0.4) is 0 Å². The lowest BCUT2D eigenvalue weighted by molar-refractivity contribution is -0.142. The number of rotatable bonds is 17. The van der Waals surface area contributed by atoms with Crippen molar-refractivity contribution >= 4 is 23.8 Å². The Balaban J connectivity index is 3.45. The molecule has 0 saturated carbocycles. The monoisotopic (exact) mass is 546 g/mol. The van der Waals surface area contributed by atoms with Gasteiger partial charge in [0, 0.05) is 19.5 Å². The molecule has 0 heterocycles. The fraction of sp³-hybridized carbons (Fsp3) is 0.667. The standard InChI is InChI=1S/C30H50N4O5/c1-7-9-11-12-13-20-34(26(27(36)32-19-10-8-2)23-16-14-15-22(3)21-23)28(37)24(17-18-25(31)35)33-29(38)39-30(4,5)6/h14-16,21,24,26H,7-13,17-20H2,1-6H3,(H2,31,35)(H,32,36)(H,33,38). The maximum atomic E-state index is 14.1. The molecule has 0 bridgehead atoms. The predicted molar refractivity (Wildman–Crippen MR) is 154 cm³/mol. The second-order valence-corrected chi connectivity index (χ2v) is 11.1. The molecule has 4 amide bonds. The summed E-state index contributed by atoms with van der Waals surface area (Å²) in [6, 6.07) is 5.57. The fourth-order valence-electron chi connectivity index (χ4n) is 4.24. The summed E-state index contributed by atoms with van der Waals surface area (Å²) in [7, 11) is 0. The van der Waals surface area contributed by atoms with Gasteiger partial charge in [-0.15, -0.1) is 0 Å². The van der Waals surface area contributed by atoms with Gasteiger partial charge in [-0.2, -0.15) is 0 Å². The molecule has 0 aromatic heterocycles. The molecule has 1 aromatic rings. The third-order valence-electron chi connectivity index (χ3n) is 6.20. The van der Waals surface area contributed by atoms with Gasteiger partial charge in [0.05, 0.1) is 0 Å². The first-order valence-electron chi connectivity index (χ1n) is 14.3. The molecule has 1 aromatic carbocycles. The Morgan fingerprint density at radius 1 is 1.00 bits per heavy atom. The highest BCUT2D eigenvalue weighted by molar-refractivity contribution is 5.92. The number of hydrogen-bond acceptors (Lipinski definition) is 5. The van der Waals surface area contributed by atoms with Gasteiger partial charge < -0.3 is 26.0 Å². The summed E-state index contributed by atoms with van der Waals surface area (Å²) in [5, 5.41) is 5.63. The Bertz CT molecular complexity index is 928. The Hall–Kier alpha value is -3.10. The first-order valence-corrected chi connectivity index (χ1v) is 14.3. The van der Waals surface area contributed by atoms with Gasteiger partial charge >= 0.3 is 6.09 Å². The summed E-state index contributed by atoms with van der Waals surface area (Å²) in [5.74, 6) is -1.31. The van der Waals surface area contributed by atoms with Crippen molar-refractivity contribution in [2.75, 3.05) is 13.1 Å². The first-order chi connectivity index (χ1) is 18.4. The molecule has 0 fully saturated rings. The molecule has 0 radical (unpaired) electrons. The van der Waals surface area contributed by atoms with Gasteiger partial charge in [-0.3, -0.25) is 14.4 Å². The van der Waals surface area contributed by atoms with E-state index in [1.54, 1.807) is 25.7 Å². The molecule has 9 nitrogen and oxygen atoms in total. The van der Waals surface area contributed by atoms with Crippen LogP contribution in [0.4, 0.5) is 4.79 Å².